The number of nitrogens with one attached hydrogen (secondary N) is 2. The second-order valence-corrected chi connectivity index (χ2v) is 6.26. The van der Waals surface area contributed by atoms with Gasteiger partial charge in [-0.25, -0.2) is 0 Å². The third-order valence-electron chi connectivity index (χ3n) is 3.45. The Hall–Kier alpha value is -0.530. The summed E-state index contributed by atoms with van der Waals surface area (Å²) in [7, 11) is 0. The molecule has 0 aromatic carbocycles. The summed E-state index contributed by atoms with van der Waals surface area (Å²) < 4.78 is 0. The van der Waals surface area contributed by atoms with Gasteiger partial charge in [0.1, 0.15) is 0 Å². The molecule has 0 rings (SSSR count). The standard InChI is InChI=1S/C16H34N4O.HI/c1-6-13(4)19-15(21)10-11-18-16(17)20-14(5)9-7-8-12(2)3;/h12-14H,6-11H2,1-5H3,(H,19,21)(H3,17,18,20);1H. The van der Waals surface area contributed by atoms with E-state index in [0.717, 1.165) is 18.8 Å². The summed E-state index contributed by atoms with van der Waals surface area (Å²) in [6.45, 7) is 11.1. The fraction of sp³-hybridized carbons (Fsp3) is 0.875. The molecule has 132 valence electrons. The molecule has 1 amide bonds. The summed E-state index contributed by atoms with van der Waals surface area (Å²) in [4.78, 5) is 15.8. The number of aliphatic imine (C=N–C) groups is 1. The van der Waals surface area contributed by atoms with Gasteiger partial charge in [-0.15, -0.1) is 24.0 Å². The summed E-state index contributed by atoms with van der Waals surface area (Å²) in [5, 5.41) is 6.09. The molecule has 5 nitrogen and oxygen atoms in total. The molecule has 0 aliphatic heterocycles. The van der Waals surface area contributed by atoms with Crippen molar-refractivity contribution in [3.63, 3.8) is 0 Å². The first-order valence-corrected chi connectivity index (χ1v) is 8.20. The van der Waals surface area contributed by atoms with Crippen molar-refractivity contribution in [1.29, 1.82) is 0 Å². The molecule has 0 aromatic heterocycles. The highest BCUT2D eigenvalue weighted by atomic mass is 127. The number of nitrogens with zero attached hydrogens (tertiary/aromatic N) is 1. The minimum Gasteiger partial charge on any atom is -0.370 e. The van der Waals surface area contributed by atoms with Crippen molar-refractivity contribution < 1.29 is 4.79 Å². The minimum absolute atomic E-state index is 0. The van der Waals surface area contributed by atoms with Crippen LogP contribution in [0.15, 0.2) is 4.99 Å². The molecular weight excluding hydrogens is 391 g/mol. The molecule has 0 fully saturated rings. The van der Waals surface area contributed by atoms with E-state index in [-0.39, 0.29) is 35.9 Å². The summed E-state index contributed by atoms with van der Waals surface area (Å²) in [5.74, 6) is 1.21. The van der Waals surface area contributed by atoms with Crippen LogP contribution in [-0.4, -0.2) is 30.5 Å². The third-order valence-corrected chi connectivity index (χ3v) is 3.45. The SMILES string of the molecule is CCC(C)NC(=O)CCN=C(N)NC(C)CCCC(C)C.I. The lowest BCUT2D eigenvalue weighted by Gasteiger charge is -2.15. The van der Waals surface area contributed by atoms with Crippen molar-refractivity contribution in [3.05, 3.63) is 0 Å². The molecule has 0 aliphatic rings. The van der Waals surface area contributed by atoms with E-state index in [2.05, 4.69) is 36.4 Å². The lowest BCUT2D eigenvalue weighted by Crippen LogP contribution is -2.38. The molecule has 6 heteroatoms. The minimum atomic E-state index is 0. The first kappa shape index (κ1) is 23.7. The Labute approximate surface area is 153 Å². The smallest absolute Gasteiger partial charge is 0.222 e. The molecule has 0 saturated heterocycles. The highest BCUT2D eigenvalue weighted by Crippen LogP contribution is 2.07. The zero-order valence-electron chi connectivity index (χ0n) is 14.8. The fourth-order valence-corrected chi connectivity index (χ4v) is 1.93. The van der Waals surface area contributed by atoms with Gasteiger partial charge in [0.15, 0.2) is 5.96 Å². The van der Waals surface area contributed by atoms with E-state index in [1.807, 2.05) is 13.8 Å². The zero-order chi connectivity index (χ0) is 16.3. The molecule has 0 spiro atoms. The average Bonchev–Trinajstić information content (AvgIpc) is 2.37. The van der Waals surface area contributed by atoms with E-state index < -0.39 is 0 Å². The topological polar surface area (TPSA) is 79.5 Å². The Bertz CT molecular complexity index is 321. The second-order valence-electron chi connectivity index (χ2n) is 6.26. The van der Waals surface area contributed by atoms with Gasteiger partial charge in [-0.2, -0.15) is 0 Å². The molecule has 4 N–H and O–H groups in total. The van der Waals surface area contributed by atoms with Crippen LogP contribution in [0.2, 0.25) is 0 Å². The Balaban J connectivity index is 0. The highest BCUT2D eigenvalue weighted by Gasteiger charge is 2.06. The molecule has 0 heterocycles. The van der Waals surface area contributed by atoms with Gasteiger partial charge >= 0.3 is 0 Å². The quantitative estimate of drug-likeness (QED) is 0.286. The number of hydrogen-bond donors (Lipinski definition) is 3. The molecule has 0 radical (unpaired) electrons. The fourth-order valence-electron chi connectivity index (χ4n) is 1.93. The van der Waals surface area contributed by atoms with Gasteiger partial charge in [0.05, 0.1) is 6.54 Å². The maximum Gasteiger partial charge on any atom is 0.222 e. The molecule has 0 aliphatic carbocycles. The highest BCUT2D eigenvalue weighted by molar-refractivity contribution is 14.0. The monoisotopic (exact) mass is 426 g/mol. The Morgan fingerprint density at radius 3 is 2.27 bits per heavy atom. The van der Waals surface area contributed by atoms with Gasteiger partial charge in [0, 0.05) is 18.5 Å². The predicted octanol–water partition coefficient (Wildman–Crippen LogP) is 3.03. The lowest BCUT2D eigenvalue weighted by molar-refractivity contribution is -0.121. The number of carbonyl (C=O) groups excluding carboxylic acids is 1. The van der Waals surface area contributed by atoms with Crippen LogP contribution < -0.4 is 16.4 Å². The summed E-state index contributed by atoms with van der Waals surface area (Å²) in [6.07, 6.45) is 4.83. The molecular formula is C16H35IN4O. The van der Waals surface area contributed by atoms with E-state index >= 15 is 0 Å². The number of carbonyl (C=O) groups is 1. The zero-order valence-corrected chi connectivity index (χ0v) is 17.1. The predicted molar refractivity (Wildman–Crippen MR) is 106 cm³/mol. The Morgan fingerprint density at radius 1 is 1.09 bits per heavy atom. The summed E-state index contributed by atoms with van der Waals surface area (Å²) >= 11 is 0. The first-order chi connectivity index (χ1) is 9.85. The maximum atomic E-state index is 11.6. The van der Waals surface area contributed by atoms with Crippen LogP contribution in [0.5, 0.6) is 0 Å². The summed E-state index contributed by atoms with van der Waals surface area (Å²) in [6, 6.07) is 0.541. The van der Waals surface area contributed by atoms with E-state index in [0.29, 0.717) is 25.0 Å². The third kappa shape index (κ3) is 14.4. The van der Waals surface area contributed by atoms with Crippen molar-refractivity contribution in [2.45, 2.75) is 78.8 Å². The molecule has 0 aromatic rings. The van der Waals surface area contributed by atoms with Crippen molar-refractivity contribution in [3.8, 4) is 0 Å². The normalized spacial score (nSPS) is 14.2. The first-order valence-electron chi connectivity index (χ1n) is 8.20. The number of hydrogen-bond acceptors (Lipinski definition) is 2. The van der Waals surface area contributed by atoms with Gasteiger partial charge < -0.3 is 16.4 Å². The average molecular weight is 426 g/mol. The van der Waals surface area contributed by atoms with E-state index in [1.165, 1.54) is 12.8 Å². The van der Waals surface area contributed by atoms with Gasteiger partial charge in [0.25, 0.3) is 0 Å². The lowest BCUT2D eigenvalue weighted by atomic mass is 10.0. The van der Waals surface area contributed by atoms with Crippen LogP contribution in [0.4, 0.5) is 0 Å². The van der Waals surface area contributed by atoms with E-state index in [4.69, 9.17) is 5.73 Å². The number of nitrogens with two attached hydrogens (primary N) is 1. The summed E-state index contributed by atoms with van der Waals surface area (Å²) in [5.41, 5.74) is 5.83. The van der Waals surface area contributed by atoms with E-state index in [9.17, 15) is 4.79 Å². The molecule has 2 unspecified atom stereocenters. The van der Waals surface area contributed by atoms with Gasteiger partial charge in [0.2, 0.25) is 5.91 Å². The number of halogens is 1. The number of amides is 1. The second kappa shape index (κ2) is 14.1. The van der Waals surface area contributed by atoms with E-state index in [1.54, 1.807) is 0 Å². The van der Waals surface area contributed by atoms with Crippen LogP contribution in [0.1, 0.15) is 66.7 Å². The van der Waals surface area contributed by atoms with Crippen molar-refractivity contribution in [2.24, 2.45) is 16.6 Å². The van der Waals surface area contributed by atoms with Crippen molar-refractivity contribution >= 4 is 35.8 Å². The Kier molecular flexibility index (Phi) is 15.2. The molecule has 22 heavy (non-hydrogen) atoms. The number of rotatable bonds is 10. The largest absolute Gasteiger partial charge is 0.370 e. The molecule has 2 atom stereocenters. The van der Waals surface area contributed by atoms with Crippen molar-refractivity contribution in [2.75, 3.05) is 6.54 Å². The maximum absolute atomic E-state index is 11.6. The van der Waals surface area contributed by atoms with Gasteiger partial charge in [-0.3, -0.25) is 9.79 Å². The Morgan fingerprint density at radius 2 is 1.73 bits per heavy atom. The van der Waals surface area contributed by atoms with Crippen LogP contribution in [-0.2, 0) is 4.79 Å². The number of guanidine groups is 1. The van der Waals surface area contributed by atoms with Crippen LogP contribution in [0.3, 0.4) is 0 Å². The van der Waals surface area contributed by atoms with Crippen LogP contribution >= 0.6 is 24.0 Å². The van der Waals surface area contributed by atoms with Crippen LogP contribution in [0, 0.1) is 5.92 Å². The van der Waals surface area contributed by atoms with Crippen LogP contribution in [0.25, 0.3) is 0 Å². The molecule has 0 bridgehead atoms. The van der Waals surface area contributed by atoms with Crippen molar-refractivity contribution in [1.82, 2.24) is 10.6 Å². The van der Waals surface area contributed by atoms with Gasteiger partial charge in [-0.1, -0.05) is 33.6 Å². The molecule has 0 saturated carbocycles. The van der Waals surface area contributed by atoms with Gasteiger partial charge in [-0.05, 0) is 32.6 Å².